The molecule has 7 aromatic carbocycles. The third-order valence-electron chi connectivity index (χ3n) is 10.6. The van der Waals surface area contributed by atoms with Crippen molar-refractivity contribution in [1.82, 2.24) is 9.97 Å². The molecule has 0 saturated heterocycles. The van der Waals surface area contributed by atoms with Gasteiger partial charge in [-0.15, -0.1) is 0 Å². The number of aromatic nitrogens is 2. The van der Waals surface area contributed by atoms with Crippen molar-refractivity contribution in [2.24, 2.45) is 0 Å². The molecule has 0 aliphatic heterocycles. The molecule has 0 saturated carbocycles. The molecule has 0 radical (unpaired) electrons. The molecule has 252 valence electrons. The maximum atomic E-state index is 9.47. The Morgan fingerprint density at radius 1 is 0.556 bits per heavy atom. The van der Waals surface area contributed by atoms with E-state index in [9.17, 15) is 5.26 Å². The van der Waals surface area contributed by atoms with E-state index in [1.807, 2.05) is 6.07 Å². The van der Waals surface area contributed by atoms with Gasteiger partial charge in [0.1, 0.15) is 5.52 Å². The smallest absolute Gasteiger partial charge is 0.227 e. The van der Waals surface area contributed by atoms with Gasteiger partial charge >= 0.3 is 0 Å². The van der Waals surface area contributed by atoms with E-state index in [1.165, 1.54) is 27.8 Å². The minimum atomic E-state index is -0.299. The number of nitrogens with zero attached hydrogens (tertiary/aromatic N) is 4. The fraction of sp³-hybridized carbons (Fsp3) is 0.0417. The van der Waals surface area contributed by atoms with E-state index >= 15 is 0 Å². The van der Waals surface area contributed by atoms with Crippen LogP contribution in [-0.4, -0.2) is 9.97 Å². The lowest BCUT2D eigenvalue weighted by Crippen LogP contribution is -2.22. The Balaban J connectivity index is 1.11. The molecule has 9 aromatic rings. The highest BCUT2D eigenvalue weighted by atomic mass is 16.4. The Bertz CT molecular complexity index is 2940. The van der Waals surface area contributed by atoms with Crippen LogP contribution in [0.2, 0.25) is 0 Å². The van der Waals surface area contributed by atoms with Crippen molar-refractivity contribution in [1.29, 1.82) is 5.26 Å². The molecule has 0 spiro atoms. The van der Waals surface area contributed by atoms with Gasteiger partial charge in [-0.25, -0.2) is 14.8 Å². The molecular formula is C48H28N4O2. The average molecular weight is 693 g/mol. The zero-order valence-electron chi connectivity index (χ0n) is 29.0. The summed E-state index contributed by atoms with van der Waals surface area (Å²) >= 11 is 0. The molecule has 0 N–H and O–H groups in total. The molecule has 1 aliphatic rings. The van der Waals surface area contributed by atoms with Gasteiger partial charge in [0, 0.05) is 16.5 Å². The molecule has 1 unspecified atom stereocenters. The maximum absolute atomic E-state index is 9.47. The van der Waals surface area contributed by atoms with Gasteiger partial charge in [-0.05, 0) is 118 Å². The van der Waals surface area contributed by atoms with Crippen LogP contribution < -0.4 is 0 Å². The lowest BCUT2D eigenvalue weighted by atomic mass is 9.74. The Morgan fingerprint density at radius 3 is 1.91 bits per heavy atom. The molecule has 6 nitrogen and oxygen atoms in total. The van der Waals surface area contributed by atoms with Crippen LogP contribution in [-0.2, 0) is 5.41 Å². The number of benzene rings is 7. The van der Waals surface area contributed by atoms with Gasteiger partial charge in [0.05, 0.1) is 23.7 Å². The Hall–Kier alpha value is -7.54. The van der Waals surface area contributed by atoms with Crippen molar-refractivity contribution in [3.8, 4) is 62.4 Å². The molecule has 1 atom stereocenters. The molecule has 1 aliphatic carbocycles. The lowest BCUT2D eigenvalue weighted by Gasteiger charge is -2.28. The number of hydrogen-bond donors (Lipinski definition) is 0. The second-order valence-electron chi connectivity index (χ2n) is 13.8. The third-order valence-corrected chi connectivity index (χ3v) is 10.6. The number of nitriles is 1. The number of rotatable bonds is 5. The zero-order valence-corrected chi connectivity index (χ0v) is 29.0. The molecular weight excluding hydrogens is 665 g/mol. The first-order valence-corrected chi connectivity index (χ1v) is 17.6. The fourth-order valence-electron chi connectivity index (χ4n) is 7.90. The van der Waals surface area contributed by atoms with Gasteiger partial charge in [-0.1, -0.05) is 91.0 Å². The molecule has 0 amide bonds. The molecule has 2 aromatic heterocycles. The monoisotopic (exact) mass is 692 g/mol. The van der Waals surface area contributed by atoms with Crippen LogP contribution in [0.1, 0.15) is 29.2 Å². The van der Waals surface area contributed by atoms with Gasteiger partial charge in [0.2, 0.25) is 11.8 Å². The first-order valence-electron chi connectivity index (χ1n) is 17.6. The summed E-state index contributed by atoms with van der Waals surface area (Å²) in [4.78, 5) is 13.1. The van der Waals surface area contributed by atoms with Crippen LogP contribution in [0.15, 0.2) is 160 Å². The summed E-state index contributed by atoms with van der Waals surface area (Å²) in [5.74, 6) is 0.844. The molecule has 0 fully saturated rings. The van der Waals surface area contributed by atoms with Crippen LogP contribution in [0.5, 0.6) is 0 Å². The molecule has 2 heterocycles. The van der Waals surface area contributed by atoms with E-state index in [-0.39, 0.29) is 5.41 Å². The van der Waals surface area contributed by atoms with Crippen molar-refractivity contribution >= 4 is 27.9 Å². The van der Waals surface area contributed by atoms with Crippen molar-refractivity contribution in [3.63, 3.8) is 0 Å². The number of fused-ring (bicyclic) bond motifs is 5. The highest BCUT2D eigenvalue weighted by Gasteiger charge is 2.40. The summed E-state index contributed by atoms with van der Waals surface area (Å²) < 4.78 is 12.5. The topological polar surface area (TPSA) is 80.2 Å². The van der Waals surface area contributed by atoms with Crippen molar-refractivity contribution in [2.75, 3.05) is 0 Å². The summed E-state index contributed by atoms with van der Waals surface area (Å²) in [6, 6.07) is 53.6. The lowest BCUT2D eigenvalue weighted by molar-refractivity contribution is 0.617. The Kier molecular flexibility index (Phi) is 6.95. The zero-order chi connectivity index (χ0) is 36.4. The van der Waals surface area contributed by atoms with Crippen LogP contribution in [0.4, 0.5) is 5.69 Å². The Morgan fingerprint density at radius 2 is 1.17 bits per heavy atom. The van der Waals surface area contributed by atoms with Crippen LogP contribution in [0.3, 0.4) is 0 Å². The van der Waals surface area contributed by atoms with Crippen molar-refractivity contribution in [3.05, 3.63) is 185 Å². The average Bonchev–Trinajstić information content (AvgIpc) is 3.94. The summed E-state index contributed by atoms with van der Waals surface area (Å²) in [5.41, 5.74) is 15.1. The largest absolute Gasteiger partial charge is 0.436 e. The van der Waals surface area contributed by atoms with Gasteiger partial charge in [-0.2, -0.15) is 5.26 Å². The standard InChI is InChI=1S/C48H28N4O2/c1-48(36-11-4-3-5-12-36)40-14-7-6-13-38(40)39-18-16-32(26-41(39)48)30-9-8-10-31(22-30)33-23-34(46-51-42-21-29(28-49)15-19-44(42)53-46)25-35(24-33)47-52-43-27-37(50-2)17-20-45(43)54-47/h3-27H,1H3. The molecule has 0 bridgehead atoms. The molecule has 10 rings (SSSR count). The minimum absolute atomic E-state index is 0.299. The van der Waals surface area contributed by atoms with E-state index in [0.717, 1.165) is 33.4 Å². The van der Waals surface area contributed by atoms with E-state index in [2.05, 4.69) is 127 Å². The second kappa shape index (κ2) is 12.0. The molecule has 54 heavy (non-hydrogen) atoms. The second-order valence-corrected chi connectivity index (χ2v) is 13.8. The maximum Gasteiger partial charge on any atom is 0.227 e. The summed E-state index contributed by atoms with van der Waals surface area (Å²) in [6.45, 7) is 9.78. The highest BCUT2D eigenvalue weighted by molar-refractivity contribution is 5.88. The summed E-state index contributed by atoms with van der Waals surface area (Å²) in [6.07, 6.45) is 0. The first-order chi connectivity index (χ1) is 26.5. The number of oxazole rings is 2. The van der Waals surface area contributed by atoms with Gasteiger partial charge in [0.15, 0.2) is 16.9 Å². The van der Waals surface area contributed by atoms with Crippen LogP contribution in [0.25, 0.3) is 83.3 Å². The first kappa shape index (κ1) is 31.2. The van der Waals surface area contributed by atoms with E-state index < -0.39 is 0 Å². The minimum Gasteiger partial charge on any atom is -0.436 e. The van der Waals surface area contributed by atoms with E-state index in [4.69, 9.17) is 25.4 Å². The Labute approximate surface area is 311 Å². The van der Waals surface area contributed by atoms with Crippen LogP contribution in [0, 0.1) is 17.9 Å². The summed E-state index contributed by atoms with van der Waals surface area (Å²) in [5, 5.41) is 9.47. The summed E-state index contributed by atoms with van der Waals surface area (Å²) in [7, 11) is 0. The third kappa shape index (κ3) is 4.93. The van der Waals surface area contributed by atoms with Crippen LogP contribution >= 0.6 is 0 Å². The predicted molar refractivity (Wildman–Crippen MR) is 212 cm³/mol. The molecule has 6 heteroatoms. The van der Waals surface area contributed by atoms with E-state index in [0.29, 0.717) is 45.2 Å². The van der Waals surface area contributed by atoms with Gasteiger partial charge < -0.3 is 8.83 Å². The van der Waals surface area contributed by atoms with Gasteiger partial charge in [0.25, 0.3) is 0 Å². The number of hydrogen-bond acceptors (Lipinski definition) is 5. The fourth-order valence-corrected chi connectivity index (χ4v) is 7.90. The van der Waals surface area contributed by atoms with Crippen molar-refractivity contribution < 1.29 is 8.83 Å². The van der Waals surface area contributed by atoms with Gasteiger partial charge in [-0.3, -0.25) is 0 Å². The van der Waals surface area contributed by atoms with Crippen molar-refractivity contribution in [2.45, 2.75) is 12.3 Å². The predicted octanol–water partition coefficient (Wildman–Crippen LogP) is 12.4. The highest BCUT2D eigenvalue weighted by Crippen LogP contribution is 2.53. The van der Waals surface area contributed by atoms with E-state index in [1.54, 1.807) is 36.4 Å². The quantitative estimate of drug-likeness (QED) is 0.168. The SMILES string of the molecule is [C-]#[N+]c1ccc2oc(-c3cc(-c4cccc(-c5ccc6c(c5)C(C)(c5ccccc5)c5ccccc5-6)c4)cc(-c4nc5cc(C#N)ccc5o4)c3)nc2c1. The normalized spacial score (nSPS) is 14.4.